The minimum Gasteiger partial charge on any atom is -0.457 e. The Morgan fingerprint density at radius 3 is 1.68 bits per heavy atom. The Kier molecular flexibility index (Phi) is 8.51. The first-order valence-corrected chi connectivity index (χ1v) is 14.3. The highest BCUT2D eigenvalue weighted by Gasteiger charge is 2.28. The molecule has 1 fully saturated rings. The fourth-order valence-electron chi connectivity index (χ4n) is 4.59. The first-order chi connectivity index (χ1) is 18.6. The molecular formula is C31H32N2O4S. The van der Waals surface area contributed by atoms with Crippen LogP contribution in [0.15, 0.2) is 120 Å². The molecule has 0 saturated carbocycles. The van der Waals surface area contributed by atoms with Gasteiger partial charge in [-0.15, -0.1) is 0 Å². The Balaban J connectivity index is 1.13. The quantitative estimate of drug-likeness (QED) is 0.269. The highest BCUT2D eigenvalue weighted by atomic mass is 32.2. The third-order valence-corrected chi connectivity index (χ3v) is 8.58. The van der Waals surface area contributed by atoms with Gasteiger partial charge in [0.2, 0.25) is 10.0 Å². The number of benzene rings is 4. The van der Waals surface area contributed by atoms with E-state index in [0.29, 0.717) is 44.3 Å². The van der Waals surface area contributed by atoms with Crippen LogP contribution in [0.4, 0.5) is 0 Å². The summed E-state index contributed by atoms with van der Waals surface area (Å²) in [4.78, 5) is 2.54. The van der Waals surface area contributed by atoms with Gasteiger partial charge in [0.1, 0.15) is 17.6 Å². The van der Waals surface area contributed by atoms with Crippen LogP contribution in [0.1, 0.15) is 17.2 Å². The highest BCUT2D eigenvalue weighted by Crippen LogP contribution is 2.27. The van der Waals surface area contributed by atoms with Gasteiger partial charge < -0.3 is 9.47 Å². The number of rotatable bonds is 10. The lowest BCUT2D eigenvalue weighted by Crippen LogP contribution is -2.49. The Bertz CT molecular complexity index is 1340. The molecular weight excluding hydrogens is 496 g/mol. The second kappa shape index (κ2) is 12.4. The zero-order chi connectivity index (χ0) is 26.2. The maximum atomic E-state index is 13.2. The average molecular weight is 529 g/mol. The fraction of sp³-hybridized carbons (Fsp3) is 0.226. The van der Waals surface area contributed by atoms with Crippen LogP contribution in [0, 0.1) is 0 Å². The molecule has 5 rings (SSSR count). The zero-order valence-electron chi connectivity index (χ0n) is 21.2. The molecule has 0 aromatic heterocycles. The number of hydrogen-bond donors (Lipinski definition) is 0. The first-order valence-electron chi connectivity index (χ1n) is 12.9. The van der Waals surface area contributed by atoms with E-state index in [2.05, 4.69) is 29.2 Å². The van der Waals surface area contributed by atoms with Gasteiger partial charge in [0.05, 0.1) is 11.5 Å². The lowest BCUT2D eigenvalue weighted by molar-refractivity contribution is 0.0527. The molecule has 0 spiro atoms. The maximum Gasteiger partial charge on any atom is 0.243 e. The molecule has 0 aliphatic carbocycles. The summed E-state index contributed by atoms with van der Waals surface area (Å²) in [5.41, 5.74) is 2.24. The molecule has 0 atom stereocenters. The molecule has 0 N–H and O–H groups in total. The normalized spacial score (nSPS) is 15.0. The molecule has 38 heavy (non-hydrogen) atoms. The summed E-state index contributed by atoms with van der Waals surface area (Å²) in [5.74, 6) is 1.31. The molecule has 1 heterocycles. The number of piperazine rings is 1. The van der Waals surface area contributed by atoms with Crippen LogP contribution in [0.3, 0.4) is 0 Å². The van der Waals surface area contributed by atoms with Gasteiger partial charge in [-0.2, -0.15) is 4.31 Å². The summed E-state index contributed by atoms with van der Waals surface area (Å²) in [7, 11) is -3.56. The molecule has 1 aliphatic rings. The van der Waals surface area contributed by atoms with Gasteiger partial charge in [0.15, 0.2) is 0 Å². The third-order valence-electron chi connectivity index (χ3n) is 6.67. The lowest BCUT2D eigenvalue weighted by atomic mass is 10.0. The van der Waals surface area contributed by atoms with Gasteiger partial charge in [-0.25, -0.2) is 8.42 Å². The van der Waals surface area contributed by atoms with Crippen molar-refractivity contribution in [3.63, 3.8) is 0 Å². The van der Waals surface area contributed by atoms with E-state index in [1.54, 1.807) is 28.6 Å². The van der Waals surface area contributed by atoms with Crippen molar-refractivity contribution in [2.45, 2.75) is 11.0 Å². The van der Waals surface area contributed by atoms with Crippen LogP contribution in [-0.4, -0.2) is 57.0 Å². The number of ether oxygens (including phenoxy) is 2. The largest absolute Gasteiger partial charge is 0.457 e. The molecule has 4 aromatic rings. The van der Waals surface area contributed by atoms with Gasteiger partial charge in [-0.1, -0.05) is 78.9 Å². The summed E-state index contributed by atoms with van der Waals surface area (Å²) in [6.45, 7) is 3.54. The summed E-state index contributed by atoms with van der Waals surface area (Å²) in [6.07, 6.45) is -0.132. The van der Waals surface area contributed by atoms with Crippen LogP contribution in [0.25, 0.3) is 0 Å². The molecule has 7 heteroatoms. The average Bonchev–Trinajstić information content (AvgIpc) is 2.97. The molecule has 1 saturated heterocycles. The van der Waals surface area contributed by atoms with Crippen molar-refractivity contribution in [3.8, 4) is 11.5 Å². The Morgan fingerprint density at radius 2 is 1.13 bits per heavy atom. The van der Waals surface area contributed by atoms with Crippen LogP contribution in [0.2, 0.25) is 0 Å². The minimum absolute atomic E-state index is 0.132. The third kappa shape index (κ3) is 6.49. The van der Waals surface area contributed by atoms with Gasteiger partial charge in [-0.05, 0) is 47.5 Å². The van der Waals surface area contributed by atoms with E-state index < -0.39 is 10.0 Å². The second-order valence-electron chi connectivity index (χ2n) is 9.20. The van der Waals surface area contributed by atoms with Crippen molar-refractivity contribution in [2.75, 3.05) is 39.3 Å². The van der Waals surface area contributed by atoms with Crippen molar-refractivity contribution < 1.29 is 17.9 Å². The first kappa shape index (κ1) is 26.1. The standard InChI is InChI=1S/C31H32N2O4S/c34-38(35,30-18-16-29(17-19-30)37-28-14-8-3-9-15-28)33-22-20-32(21-23-33)24-25-36-31(26-10-4-1-5-11-26)27-12-6-2-7-13-27/h1-19,31H,20-25H2. The SMILES string of the molecule is O=S(=O)(c1ccc(Oc2ccccc2)cc1)N1CCN(CCOC(c2ccccc2)c2ccccc2)CC1. The monoisotopic (exact) mass is 528 g/mol. The molecule has 4 aromatic carbocycles. The van der Waals surface area contributed by atoms with E-state index in [-0.39, 0.29) is 11.0 Å². The number of hydrogen-bond acceptors (Lipinski definition) is 5. The predicted octanol–water partition coefficient (Wildman–Crippen LogP) is 5.59. The minimum atomic E-state index is -3.56. The molecule has 0 bridgehead atoms. The maximum absolute atomic E-state index is 13.2. The van der Waals surface area contributed by atoms with Crippen molar-refractivity contribution in [1.82, 2.24) is 9.21 Å². The van der Waals surface area contributed by atoms with Crippen molar-refractivity contribution in [1.29, 1.82) is 0 Å². The summed E-state index contributed by atoms with van der Waals surface area (Å²) in [5, 5.41) is 0. The topological polar surface area (TPSA) is 59.1 Å². The van der Waals surface area contributed by atoms with Crippen LogP contribution < -0.4 is 4.74 Å². The Morgan fingerprint density at radius 1 is 0.632 bits per heavy atom. The molecule has 0 amide bonds. The van der Waals surface area contributed by atoms with E-state index in [1.165, 1.54) is 0 Å². The molecule has 196 valence electrons. The highest BCUT2D eigenvalue weighted by molar-refractivity contribution is 7.89. The second-order valence-corrected chi connectivity index (χ2v) is 11.1. The predicted molar refractivity (Wildman–Crippen MR) is 149 cm³/mol. The van der Waals surface area contributed by atoms with Crippen molar-refractivity contribution in [3.05, 3.63) is 126 Å². The zero-order valence-corrected chi connectivity index (χ0v) is 22.0. The Labute approximate surface area is 225 Å². The van der Waals surface area contributed by atoms with Gasteiger partial charge in [0.25, 0.3) is 0 Å². The summed E-state index contributed by atoms with van der Waals surface area (Å²) < 4.78 is 40.1. The summed E-state index contributed by atoms with van der Waals surface area (Å²) >= 11 is 0. The van der Waals surface area contributed by atoms with Crippen LogP contribution in [-0.2, 0) is 14.8 Å². The number of para-hydroxylation sites is 1. The van der Waals surface area contributed by atoms with E-state index in [4.69, 9.17) is 9.47 Å². The Hall–Kier alpha value is -3.49. The van der Waals surface area contributed by atoms with Crippen molar-refractivity contribution >= 4 is 10.0 Å². The van der Waals surface area contributed by atoms with Crippen LogP contribution in [0.5, 0.6) is 11.5 Å². The van der Waals surface area contributed by atoms with E-state index in [0.717, 1.165) is 17.7 Å². The smallest absolute Gasteiger partial charge is 0.243 e. The lowest BCUT2D eigenvalue weighted by Gasteiger charge is -2.34. The van der Waals surface area contributed by atoms with Crippen molar-refractivity contribution in [2.24, 2.45) is 0 Å². The number of nitrogens with zero attached hydrogens (tertiary/aromatic N) is 2. The molecule has 6 nitrogen and oxygen atoms in total. The van der Waals surface area contributed by atoms with Crippen LogP contribution >= 0.6 is 0 Å². The molecule has 0 radical (unpaired) electrons. The van der Waals surface area contributed by atoms with E-state index in [9.17, 15) is 8.42 Å². The van der Waals surface area contributed by atoms with E-state index in [1.807, 2.05) is 66.7 Å². The number of sulfonamides is 1. The van der Waals surface area contributed by atoms with Gasteiger partial charge >= 0.3 is 0 Å². The fourth-order valence-corrected chi connectivity index (χ4v) is 6.01. The van der Waals surface area contributed by atoms with E-state index >= 15 is 0 Å². The van der Waals surface area contributed by atoms with Gasteiger partial charge in [0, 0.05) is 32.7 Å². The van der Waals surface area contributed by atoms with Gasteiger partial charge in [-0.3, -0.25) is 4.90 Å². The summed E-state index contributed by atoms with van der Waals surface area (Å²) in [6, 6.07) is 36.5. The molecule has 1 aliphatic heterocycles. The molecule has 0 unspecified atom stereocenters.